The van der Waals surface area contributed by atoms with Crippen LogP contribution >= 0.6 is 0 Å². The van der Waals surface area contributed by atoms with Crippen molar-refractivity contribution in [3.8, 4) is 5.75 Å². The van der Waals surface area contributed by atoms with Crippen LogP contribution in [-0.4, -0.2) is 51.4 Å². The number of hydrogen-bond acceptors (Lipinski definition) is 5. The fraction of sp³-hybridized carbons (Fsp3) is 0.440. The van der Waals surface area contributed by atoms with Crippen molar-refractivity contribution in [3.63, 3.8) is 0 Å². The van der Waals surface area contributed by atoms with Crippen molar-refractivity contribution in [1.82, 2.24) is 19.4 Å². The van der Waals surface area contributed by atoms with Gasteiger partial charge in [-0.15, -0.1) is 0 Å². The van der Waals surface area contributed by atoms with Gasteiger partial charge in [0.05, 0.1) is 12.6 Å². The average molecular weight is 448 g/mol. The molecule has 8 heteroatoms. The van der Waals surface area contributed by atoms with Gasteiger partial charge in [0, 0.05) is 49.2 Å². The molecule has 3 aromatic rings. The zero-order chi connectivity index (χ0) is 23.3. The number of aryl methyl sites for hydroxylation is 2. The lowest BCUT2D eigenvalue weighted by molar-refractivity contribution is -0.118. The van der Waals surface area contributed by atoms with E-state index in [9.17, 15) is 9.59 Å². The first-order chi connectivity index (χ1) is 15.9. The first kappa shape index (κ1) is 21.4. The quantitative estimate of drug-likeness (QED) is 0.611. The van der Waals surface area contributed by atoms with Crippen LogP contribution in [0.25, 0.3) is 10.9 Å². The number of anilines is 1. The molecule has 0 spiro atoms. The lowest BCUT2D eigenvalue weighted by atomic mass is 10.0. The Morgan fingerprint density at radius 1 is 1.18 bits per heavy atom. The monoisotopic (exact) mass is 447 g/mol. The van der Waals surface area contributed by atoms with Crippen molar-refractivity contribution in [1.29, 1.82) is 0 Å². The molecular formula is C25H29N5O3. The summed E-state index contributed by atoms with van der Waals surface area (Å²) >= 11 is 0. The zero-order valence-electron chi connectivity index (χ0n) is 19.6. The summed E-state index contributed by atoms with van der Waals surface area (Å²) in [6, 6.07) is 7.62. The number of ether oxygens (including phenoxy) is 1. The minimum Gasteiger partial charge on any atom is -0.494 e. The third kappa shape index (κ3) is 3.53. The molecule has 2 aliphatic rings. The SMILES string of the molecule is CCOc1ccc2c(c1)cc(C(=O)N1CCC[C@@H]1c1nc(C)c3c(n1)N(C)C(=O)CC3)n2C. The summed E-state index contributed by atoms with van der Waals surface area (Å²) < 4.78 is 7.56. The van der Waals surface area contributed by atoms with Crippen LogP contribution in [0.1, 0.15) is 59.8 Å². The van der Waals surface area contributed by atoms with Gasteiger partial charge in [-0.3, -0.25) is 14.5 Å². The molecule has 172 valence electrons. The number of fused-ring (bicyclic) bond motifs is 2. The molecule has 33 heavy (non-hydrogen) atoms. The van der Waals surface area contributed by atoms with Crippen molar-refractivity contribution in [3.05, 3.63) is 47.0 Å². The molecule has 0 unspecified atom stereocenters. The maximum Gasteiger partial charge on any atom is 0.271 e. The molecule has 0 saturated carbocycles. The van der Waals surface area contributed by atoms with Crippen LogP contribution in [0.5, 0.6) is 5.75 Å². The summed E-state index contributed by atoms with van der Waals surface area (Å²) in [6.07, 6.45) is 2.84. The van der Waals surface area contributed by atoms with Gasteiger partial charge in [-0.2, -0.15) is 0 Å². The van der Waals surface area contributed by atoms with Crippen LogP contribution in [0.15, 0.2) is 24.3 Å². The standard InChI is InChI=1S/C25H29N5O3/c1-5-33-17-8-10-19-16(13-17)14-21(28(19)3)25(32)30-12-6-7-20(30)23-26-15(2)18-9-11-22(31)29(4)24(18)27-23/h8,10,13-14,20H,5-7,9,11-12H2,1-4H3/t20-/m1/s1. The number of carbonyl (C=O) groups excluding carboxylic acids is 2. The maximum absolute atomic E-state index is 13.7. The number of aromatic nitrogens is 3. The number of carbonyl (C=O) groups is 2. The van der Waals surface area contributed by atoms with Crippen LogP contribution in [0.3, 0.4) is 0 Å². The van der Waals surface area contributed by atoms with E-state index < -0.39 is 0 Å². The Morgan fingerprint density at radius 2 is 2.00 bits per heavy atom. The Hall–Kier alpha value is -3.42. The molecule has 0 aliphatic carbocycles. The number of rotatable bonds is 4. The Morgan fingerprint density at radius 3 is 2.79 bits per heavy atom. The van der Waals surface area contributed by atoms with E-state index in [0.29, 0.717) is 43.3 Å². The molecule has 8 nitrogen and oxygen atoms in total. The van der Waals surface area contributed by atoms with Gasteiger partial charge < -0.3 is 14.2 Å². The molecule has 1 fully saturated rings. The number of amides is 2. The van der Waals surface area contributed by atoms with E-state index in [1.807, 2.05) is 54.6 Å². The first-order valence-corrected chi connectivity index (χ1v) is 11.6. The van der Waals surface area contributed by atoms with Crippen molar-refractivity contribution in [2.75, 3.05) is 25.1 Å². The predicted octanol–water partition coefficient (Wildman–Crippen LogP) is 3.56. The summed E-state index contributed by atoms with van der Waals surface area (Å²) in [6.45, 7) is 5.18. The molecule has 1 aromatic carbocycles. The highest BCUT2D eigenvalue weighted by Gasteiger charge is 2.35. The smallest absolute Gasteiger partial charge is 0.271 e. The molecule has 2 aromatic heterocycles. The van der Waals surface area contributed by atoms with Gasteiger partial charge in [0.1, 0.15) is 17.3 Å². The third-order valence-electron chi connectivity index (χ3n) is 6.85. The van der Waals surface area contributed by atoms with E-state index in [1.54, 1.807) is 11.9 Å². The summed E-state index contributed by atoms with van der Waals surface area (Å²) in [5.41, 5.74) is 3.53. The fourth-order valence-corrected chi connectivity index (χ4v) is 5.05. The van der Waals surface area contributed by atoms with Crippen LogP contribution in [-0.2, 0) is 18.3 Å². The number of benzene rings is 1. The van der Waals surface area contributed by atoms with Crippen molar-refractivity contribution < 1.29 is 14.3 Å². The van der Waals surface area contributed by atoms with Gasteiger partial charge in [0.2, 0.25) is 5.91 Å². The number of hydrogen-bond donors (Lipinski definition) is 0. The second-order valence-corrected chi connectivity index (χ2v) is 8.82. The molecular weight excluding hydrogens is 418 g/mol. The molecule has 4 heterocycles. The largest absolute Gasteiger partial charge is 0.494 e. The minimum atomic E-state index is -0.205. The zero-order valence-corrected chi connectivity index (χ0v) is 19.6. The summed E-state index contributed by atoms with van der Waals surface area (Å²) in [4.78, 5) is 39.0. The number of nitrogens with zero attached hydrogens (tertiary/aromatic N) is 5. The van der Waals surface area contributed by atoms with Crippen LogP contribution in [0.4, 0.5) is 5.82 Å². The molecule has 2 amide bonds. The Balaban J connectivity index is 1.49. The summed E-state index contributed by atoms with van der Waals surface area (Å²) in [5, 5.41) is 0.976. The molecule has 0 radical (unpaired) electrons. The molecule has 2 aliphatic heterocycles. The average Bonchev–Trinajstić information content (AvgIpc) is 3.41. The van der Waals surface area contributed by atoms with Crippen LogP contribution in [0, 0.1) is 6.92 Å². The Bertz CT molecular complexity index is 1260. The second kappa shape index (κ2) is 8.17. The highest BCUT2D eigenvalue weighted by molar-refractivity contribution is 5.99. The van der Waals surface area contributed by atoms with Gasteiger partial charge in [0.15, 0.2) is 5.82 Å². The first-order valence-electron chi connectivity index (χ1n) is 11.6. The molecule has 1 saturated heterocycles. The van der Waals surface area contributed by atoms with E-state index in [4.69, 9.17) is 14.7 Å². The lowest BCUT2D eigenvalue weighted by Gasteiger charge is -2.29. The Kier molecular flexibility index (Phi) is 5.31. The van der Waals surface area contributed by atoms with Crippen molar-refractivity contribution >= 4 is 28.5 Å². The van der Waals surface area contributed by atoms with Gasteiger partial charge in [0.25, 0.3) is 5.91 Å². The Labute approximate surface area is 193 Å². The summed E-state index contributed by atoms with van der Waals surface area (Å²) in [5.74, 6) is 2.13. The van der Waals surface area contributed by atoms with Gasteiger partial charge >= 0.3 is 0 Å². The number of likely N-dealkylation sites (tertiary alicyclic amines) is 1. The highest BCUT2D eigenvalue weighted by atomic mass is 16.5. The van der Waals surface area contributed by atoms with Gasteiger partial charge in [-0.05, 0) is 57.4 Å². The van der Waals surface area contributed by atoms with Crippen LogP contribution in [0.2, 0.25) is 0 Å². The van der Waals surface area contributed by atoms with E-state index in [-0.39, 0.29) is 17.9 Å². The van der Waals surface area contributed by atoms with Crippen LogP contribution < -0.4 is 9.64 Å². The topological polar surface area (TPSA) is 80.6 Å². The normalized spacial score (nSPS) is 18.2. The fourth-order valence-electron chi connectivity index (χ4n) is 5.05. The van der Waals surface area contributed by atoms with Gasteiger partial charge in [-0.1, -0.05) is 0 Å². The molecule has 0 N–H and O–H groups in total. The second-order valence-electron chi connectivity index (χ2n) is 8.82. The lowest BCUT2D eigenvalue weighted by Crippen LogP contribution is -2.35. The minimum absolute atomic E-state index is 0.0300. The van der Waals surface area contributed by atoms with E-state index >= 15 is 0 Å². The van der Waals surface area contributed by atoms with Crippen molar-refractivity contribution in [2.45, 2.75) is 45.6 Å². The maximum atomic E-state index is 13.7. The summed E-state index contributed by atoms with van der Waals surface area (Å²) in [7, 11) is 3.68. The molecule has 1 atom stereocenters. The van der Waals surface area contributed by atoms with Crippen molar-refractivity contribution in [2.24, 2.45) is 7.05 Å². The van der Waals surface area contributed by atoms with E-state index in [1.165, 1.54) is 0 Å². The molecule has 5 rings (SSSR count). The van der Waals surface area contributed by atoms with E-state index in [0.717, 1.165) is 40.8 Å². The third-order valence-corrected chi connectivity index (χ3v) is 6.85. The highest BCUT2D eigenvalue weighted by Crippen LogP contribution is 2.35. The van der Waals surface area contributed by atoms with Gasteiger partial charge in [-0.25, -0.2) is 9.97 Å². The predicted molar refractivity (Wildman–Crippen MR) is 126 cm³/mol. The molecule has 0 bridgehead atoms. The van der Waals surface area contributed by atoms with E-state index in [2.05, 4.69) is 0 Å².